The standard InChI is InChI=1S/C9H9BrFN/c10-6-1-4-9(8(11)5-6)12-7-2-3-7/h1,4-5,7,12H,2-3H2. The molecule has 12 heavy (non-hydrogen) atoms. The number of halogens is 2. The molecule has 1 nitrogen and oxygen atoms in total. The van der Waals surface area contributed by atoms with Crippen LogP contribution in [0.2, 0.25) is 0 Å². The summed E-state index contributed by atoms with van der Waals surface area (Å²) < 4.78 is 13.9. The normalized spacial score (nSPS) is 16.2. The third-order valence-corrected chi connectivity index (χ3v) is 2.36. The smallest absolute Gasteiger partial charge is 0.147 e. The molecule has 0 atom stereocenters. The van der Waals surface area contributed by atoms with Gasteiger partial charge >= 0.3 is 0 Å². The lowest BCUT2D eigenvalue weighted by Crippen LogP contribution is -2.02. The van der Waals surface area contributed by atoms with Gasteiger partial charge in [-0.15, -0.1) is 0 Å². The van der Waals surface area contributed by atoms with Crippen molar-refractivity contribution in [2.24, 2.45) is 0 Å². The summed E-state index contributed by atoms with van der Waals surface area (Å²) in [5, 5.41) is 3.12. The molecule has 1 aromatic carbocycles. The van der Waals surface area contributed by atoms with Crippen molar-refractivity contribution in [3.8, 4) is 0 Å². The molecule has 64 valence electrons. The van der Waals surface area contributed by atoms with Crippen molar-refractivity contribution in [1.29, 1.82) is 0 Å². The molecule has 1 fully saturated rings. The van der Waals surface area contributed by atoms with E-state index in [4.69, 9.17) is 0 Å². The van der Waals surface area contributed by atoms with Gasteiger partial charge in [0.15, 0.2) is 0 Å². The van der Waals surface area contributed by atoms with Gasteiger partial charge in [-0.2, -0.15) is 0 Å². The first-order valence-corrected chi connectivity index (χ1v) is 4.76. The van der Waals surface area contributed by atoms with Gasteiger partial charge in [0.2, 0.25) is 0 Å². The zero-order valence-electron chi connectivity index (χ0n) is 6.48. The van der Waals surface area contributed by atoms with Gasteiger partial charge in [-0.25, -0.2) is 4.39 Å². The fourth-order valence-electron chi connectivity index (χ4n) is 1.05. The summed E-state index contributed by atoms with van der Waals surface area (Å²) >= 11 is 3.21. The van der Waals surface area contributed by atoms with Gasteiger partial charge in [0.1, 0.15) is 5.82 Å². The first kappa shape index (κ1) is 8.05. The summed E-state index contributed by atoms with van der Waals surface area (Å²) in [5.74, 6) is -0.184. The highest BCUT2D eigenvalue weighted by Gasteiger charge is 2.21. The lowest BCUT2D eigenvalue weighted by Gasteiger charge is -2.05. The maximum atomic E-state index is 13.1. The van der Waals surface area contributed by atoms with E-state index < -0.39 is 0 Å². The summed E-state index contributed by atoms with van der Waals surface area (Å²) in [6.07, 6.45) is 2.32. The first-order valence-electron chi connectivity index (χ1n) is 3.97. The second-order valence-electron chi connectivity index (χ2n) is 3.04. The predicted octanol–water partition coefficient (Wildman–Crippen LogP) is 3.16. The largest absolute Gasteiger partial charge is 0.380 e. The number of hydrogen-bond acceptors (Lipinski definition) is 1. The molecule has 0 heterocycles. The minimum absolute atomic E-state index is 0.184. The lowest BCUT2D eigenvalue weighted by molar-refractivity contribution is 0.629. The Morgan fingerprint density at radius 1 is 1.42 bits per heavy atom. The van der Waals surface area contributed by atoms with Crippen LogP contribution in [0.3, 0.4) is 0 Å². The number of anilines is 1. The Hall–Kier alpha value is -0.570. The van der Waals surface area contributed by atoms with Gasteiger partial charge in [-0.3, -0.25) is 0 Å². The molecule has 0 spiro atoms. The molecular weight excluding hydrogens is 221 g/mol. The van der Waals surface area contributed by atoms with E-state index in [0.717, 1.165) is 17.3 Å². The summed E-state index contributed by atoms with van der Waals surface area (Å²) in [5.41, 5.74) is 0.612. The van der Waals surface area contributed by atoms with Crippen molar-refractivity contribution in [3.05, 3.63) is 28.5 Å². The van der Waals surface area contributed by atoms with Gasteiger partial charge in [-0.05, 0) is 31.0 Å². The van der Waals surface area contributed by atoms with E-state index in [1.54, 1.807) is 6.07 Å². The number of nitrogens with one attached hydrogen (secondary N) is 1. The van der Waals surface area contributed by atoms with Crippen LogP contribution < -0.4 is 5.32 Å². The quantitative estimate of drug-likeness (QED) is 0.822. The molecule has 3 heteroatoms. The molecule has 1 N–H and O–H groups in total. The van der Waals surface area contributed by atoms with E-state index in [1.807, 2.05) is 6.07 Å². The van der Waals surface area contributed by atoms with Crippen LogP contribution in [0.1, 0.15) is 12.8 Å². The number of rotatable bonds is 2. The Balaban J connectivity index is 2.18. The van der Waals surface area contributed by atoms with Crippen LogP contribution in [-0.4, -0.2) is 6.04 Å². The Morgan fingerprint density at radius 3 is 2.75 bits per heavy atom. The summed E-state index contributed by atoms with van der Waals surface area (Å²) in [6.45, 7) is 0. The van der Waals surface area contributed by atoms with Gasteiger partial charge < -0.3 is 5.32 Å². The van der Waals surface area contributed by atoms with E-state index in [-0.39, 0.29) is 5.82 Å². The van der Waals surface area contributed by atoms with Gasteiger partial charge in [-0.1, -0.05) is 15.9 Å². The number of benzene rings is 1. The van der Waals surface area contributed by atoms with Crippen molar-refractivity contribution in [2.75, 3.05) is 5.32 Å². The Labute approximate surface area is 79.1 Å². The second-order valence-corrected chi connectivity index (χ2v) is 3.96. The van der Waals surface area contributed by atoms with Crippen molar-refractivity contribution in [1.82, 2.24) is 0 Å². The van der Waals surface area contributed by atoms with E-state index in [2.05, 4.69) is 21.2 Å². The van der Waals surface area contributed by atoms with Gasteiger partial charge in [0.05, 0.1) is 5.69 Å². The Kier molecular flexibility index (Phi) is 2.05. The van der Waals surface area contributed by atoms with Crippen molar-refractivity contribution >= 4 is 21.6 Å². The highest BCUT2D eigenvalue weighted by atomic mass is 79.9. The SMILES string of the molecule is Fc1cc(Br)ccc1NC1CC1. The maximum absolute atomic E-state index is 13.1. The van der Waals surface area contributed by atoms with Crippen LogP contribution in [-0.2, 0) is 0 Å². The summed E-state index contributed by atoms with van der Waals surface area (Å²) in [6, 6.07) is 5.58. The highest BCUT2D eigenvalue weighted by molar-refractivity contribution is 9.10. The molecule has 1 aliphatic carbocycles. The monoisotopic (exact) mass is 229 g/mol. The maximum Gasteiger partial charge on any atom is 0.147 e. The lowest BCUT2D eigenvalue weighted by atomic mass is 10.3. The fourth-order valence-corrected chi connectivity index (χ4v) is 1.39. The second kappa shape index (κ2) is 3.05. The average molecular weight is 230 g/mol. The third kappa shape index (κ3) is 1.78. The molecule has 0 aromatic heterocycles. The summed E-state index contributed by atoms with van der Waals surface area (Å²) in [4.78, 5) is 0. The fraction of sp³-hybridized carbons (Fsp3) is 0.333. The first-order chi connectivity index (χ1) is 5.75. The minimum Gasteiger partial charge on any atom is -0.380 e. The van der Waals surface area contributed by atoms with Crippen LogP contribution in [0.25, 0.3) is 0 Å². The van der Waals surface area contributed by atoms with E-state index in [9.17, 15) is 4.39 Å². The number of hydrogen-bond donors (Lipinski definition) is 1. The average Bonchev–Trinajstić information content (AvgIpc) is 2.79. The van der Waals surface area contributed by atoms with E-state index >= 15 is 0 Å². The molecule has 0 radical (unpaired) electrons. The van der Waals surface area contributed by atoms with Gasteiger partial charge in [0, 0.05) is 10.5 Å². The Morgan fingerprint density at radius 2 is 2.17 bits per heavy atom. The van der Waals surface area contributed by atoms with Crippen LogP contribution in [0.4, 0.5) is 10.1 Å². The zero-order valence-corrected chi connectivity index (χ0v) is 8.07. The van der Waals surface area contributed by atoms with Crippen LogP contribution in [0.15, 0.2) is 22.7 Å². The van der Waals surface area contributed by atoms with E-state index in [1.165, 1.54) is 6.07 Å². The molecular formula is C9H9BrFN. The third-order valence-electron chi connectivity index (χ3n) is 1.87. The zero-order chi connectivity index (χ0) is 8.55. The Bertz CT molecular complexity index is 297. The van der Waals surface area contributed by atoms with Crippen molar-refractivity contribution in [2.45, 2.75) is 18.9 Å². The minimum atomic E-state index is -0.184. The molecule has 0 unspecified atom stereocenters. The topological polar surface area (TPSA) is 12.0 Å². The molecule has 1 aliphatic rings. The molecule has 0 saturated heterocycles. The van der Waals surface area contributed by atoms with E-state index in [0.29, 0.717) is 11.7 Å². The molecule has 1 aromatic rings. The van der Waals surface area contributed by atoms with Gasteiger partial charge in [0.25, 0.3) is 0 Å². The summed E-state index contributed by atoms with van der Waals surface area (Å²) in [7, 11) is 0. The van der Waals surface area contributed by atoms with Crippen molar-refractivity contribution in [3.63, 3.8) is 0 Å². The van der Waals surface area contributed by atoms with Crippen molar-refractivity contribution < 1.29 is 4.39 Å². The molecule has 1 saturated carbocycles. The molecule has 2 rings (SSSR count). The highest BCUT2D eigenvalue weighted by Crippen LogP contribution is 2.27. The van der Waals surface area contributed by atoms with Crippen LogP contribution in [0.5, 0.6) is 0 Å². The van der Waals surface area contributed by atoms with Crippen LogP contribution >= 0.6 is 15.9 Å². The molecule has 0 bridgehead atoms. The molecule has 0 aliphatic heterocycles. The van der Waals surface area contributed by atoms with Crippen LogP contribution in [0, 0.1) is 5.82 Å². The predicted molar refractivity (Wildman–Crippen MR) is 50.7 cm³/mol. The molecule has 0 amide bonds.